The lowest BCUT2D eigenvalue weighted by Crippen LogP contribution is -2.40. The summed E-state index contributed by atoms with van der Waals surface area (Å²) in [7, 11) is 0. The highest BCUT2D eigenvalue weighted by molar-refractivity contribution is 5.96. The summed E-state index contributed by atoms with van der Waals surface area (Å²) < 4.78 is 16.7. The van der Waals surface area contributed by atoms with Crippen molar-refractivity contribution in [2.75, 3.05) is 6.79 Å². The van der Waals surface area contributed by atoms with Crippen molar-refractivity contribution in [3.8, 4) is 11.5 Å². The van der Waals surface area contributed by atoms with Gasteiger partial charge in [0, 0.05) is 23.7 Å². The van der Waals surface area contributed by atoms with Gasteiger partial charge in [-0.15, -0.1) is 0 Å². The van der Waals surface area contributed by atoms with E-state index in [4.69, 9.17) is 14.2 Å². The van der Waals surface area contributed by atoms with Gasteiger partial charge < -0.3 is 19.5 Å². The maximum atomic E-state index is 13.3. The summed E-state index contributed by atoms with van der Waals surface area (Å²) in [5, 5.41) is 3.29. The molecule has 2 aliphatic heterocycles. The summed E-state index contributed by atoms with van der Waals surface area (Å²) in [6, 6.07) is 15.2. The largest absolute Gasteiger partial charge is 0.457 e. The second kappa shape index (κ2) is 7.95. The van der Waals surface area contributed by atoms with E-state index >= 15 is 0 Å². The smallest absolute Gasteiger partial charge is 0.336 e. The monoisotopic (exact) mass is 417 g/mol. The van der Waals surface area contributed by atoms with Crippen LogP contribution in [-0.2, 0) is 20.9 Å². The number of carbonyl (C=O) groups is 2. The van der Waals surface area contributed by atoms with Crippen LogP contribution in [0.2, 0.25) is 0 Å². The molecule has 2 atom stereocenters. The number of carbonyl (C=O) groups excluding carboxylic acids is 2. The Morgan fingerprint density at radius 1 is 1.10 bits per heavy atom. The van der Waals surface area contributed by atoms with E-state index in [0.29, 0.717) is 35.6 Å². The van der Waals surface area contributed by atoms with Gasteiger partial charge in [-0.05, 0) is 36.6 Å². The minimum atomic E-state index is -0.447. The predicted molar refractivity (Wildman–Crippen MR) is 113 cm³/mol. The van der Waals surface area contributed by atoms with Crippen LogP contribution in [0.25, 0.3) is 0 Å². The Labute approximate surface area is 180 Å². The highest BCUT2D eigenvalue weighted by Gasteiger charge is 2.43. The Kier molecular flexibility index (Phi) is 4.98. The van der Waals surface area contributed by atoms with E-state index in [1.165, 1.54) is 0 Å². The van der Waals surface area contributed by atoms with E-state index in [2.05, 4.69) is 11.4 Å². The molecule has 0 saturated heterocycles. The number of hydrogen-bond donors (Lipinski definition) is 1. The fourth-order valence-corrected chi connectivity index (χ4v) is 4.55. The van der Waals surface area contributed by atoms with E-state index in [1.54, 1.807) is 0 Å². The molecule has 0 fully saturated rings. The van der Waals surface area contributed by atoms with Gasteiger partial charge in [0.25, 0.3) is 0 Å². The number of ether oxygens (including phenoxy) is 3. The lowest BCUT2D eigenvalue weighted by Gasteiger charge is -2.38. The van der Waals surface area contributed by atoms with Gasteiger partial charge in [0.2, 0.25) is 6.79 Å². The van der Waals surface area contributed by atoms with Crippen LogP contribution >= 0.6 is 0 Å². The van der Waals surface area contributed by atoms with Gasteiger partial charge in [-0.1, -0.05) is 42.5 Å². The summed E-state index contributed by atoms with van der Waals surface area (Å²) in [6.07, 6.45) is 3.22. The normalized spacial score (nSPS) is 21.8. The van der Waals surface area contributed by atoms with Crippen molar-refractivity contribution >= 4 is 11.8 Å². The van der Waals surface area contributed by atoms with Crippen molar-refractivity contribution in [1.29, 1.82) is 0 Å². The van der Waals surface area contributed by atoms with E-state index in [-0.39, 0.29) is 19.2 Å². The fourth-order valence-electron chi connectivity index (χ4n) is 4.55. The third-order valence-corrected chi connectivity index (χ3v) is 6.01. The van der Waals surface area contributed by atoms with E-state index in [1.807, 2.05) is 55.5 Å². The quantitative estimate of drug-likeness (QED) is 0.759. The first-order valence-corrected chi connectivity index (χ1v) is 10.4. The first-order valence-electron chi connectivity index (χ1n) is 10.4. The minimum absolute atomic E-state index is 0.119. The Balaban J connectivity index is 1.53. The summed E-state index contributed by atoms with van der Waals surface area (Å²) in [5.74, 6) is 0.0921. The molecule has 2 unspecified atom stereocenters. The fraction of sp³-hybridized carbons (Fsp3) is 0.280. The lowest BCUT2D eigenvalue weighted by atomic mass is 9.71. The highest BCUT2D eigenvalue weighted by atomic mass is 16.7. The predicted octanol–water partition coefficient (Wildman–Crippen LogP) is 3.98. The van der Waals surface area contributed by atoms with Gasteiger partial charge in [-0.3, -0.25) is 4.79 Å². The van der Waals surface area contributed by atoms with Crippen molar-refractivity contribution in [1.82, 2.24) is 5.32 Å². The summed E-state index contributed by atoms with van der Waals surface area (Å²) >= 11 is 0. The molecule has 6 heteroatoms. The molecule has 5 rings (SSSR count). The molecule has 3 aliphatic rings. The average Bonchev–Trinajstić information content (AvgIpc) is 3.25. The Bertz CT molecular complexity index is 1100. The molecular weight excluding hydrogens is 394 g/mol. The third-order valence-electron chi connectivity index (χ3n) is 6.01. The molecule has 31 heavy (non-hydrogen) atoms. The number of nitrogens with one attached hydrogen (secondary N) is 1. The zero-order chi connectivity index (χ0) is 21.4. The highest BCUT2D eigenvalue weighted by Crippen LogP contribution is 2.46. The number of benzene rings is 2. The molecule has 0 bridgehead atoms. The van der Waals surface area contributed by atoms with Gasteiger partial charge in [-0.2, -0.15) is 0 Å². The van der Waals surface area contributed by atoms with Crippen LogP contribution in [0.15, 0.2) is 71.6 Å². The van der Waals surface area contributed by atoms with Crippen molar-refractivity contribution in [3.05, 3.63) is 82.7 Å². The summed E-state index contributed by atoms with van der Waals surface area (Å²) in [5.41, 5.74) is 3.79. The zero-order valence-electron chi connectivity index (χ0n) is 17.2. The number of fused-ring (bicyclic) bond motifs is 2. The van der Waals surface area contributed by atoms with Crippen molar-refractivity contribution in [2.45, 2.75) is 32.3 Å². The molecular formula is C25H23NO5. The van der Waals surface area contributed by atoms with E-state index in [9.17, 15) is 9.59 Å². The summed E-state index contributed by atoms with van der Waals surface area (Å²) in [4.78, 5) is 26.3. The number of rotatable bonds is 4. The second-order valence-corrected chi connectivity index (χ2v) is 7.96. The molecule has 0 amide bonds. The van der Waals surface area contributed by atoms with Crippen LogP contribution in [0.1, 0.15) is 36.8 Å². The topological polar surface area (TPSA) is 73.9 Å². The van der Waals surface area contributed by atoms with Crippen LogP contribution in [0, 0.1) is 5.92 Å². The Hall–Kier alpha value is -3.54. The van der Waals surface area contributed by atoms with Gasteiger partial charge >= 0.3 is 5.97 Å². The lowest BCUT2D eigenvalue weighted by molar-refractivity contribution is -0.141. The zero-order valence-corrected chi connectivity index (χ0v) is 17.2. The molecule has 0 saturated carbocycles. The average molecular weight is 417 g/mol. The first kappa shape index (κ1) is 19.4. The van der Waals surface area contributed by atoms with Crippen LogP contribution in [0.5, 0.6) is 11.5 Å². The van der Waals surface area contributed by atoms with Crippen molar-refractivity contribution in [2.24, 2.45) is 5.92 Å². The number of allylic oxidation sites excluding steroid dienone is 3. The second-order valence-electron chi connectivity index (χ2n) is 7.96. The molecule has 1 N–H and O–H groups in total. The molecule has 0 radical (unpaired) electrons. The maximum absolute atomic E-state index is 13.3. The van der Waals surface area contributed by atoms with Gasteiger partial charge in [0.1, 0.15) is 12.4 Å². The van der Waals surface area contributed by atoms with Crippen molar-refractivity contribution < 1.29 is 23.8 Å². The molecule has 2 aromatic carbocycles. The molecule has 158 valence electrons. The first-order chi connectivity index (χ1) is 15.1. The SMILES string of the molecule is CC1=C(C(=O)OCc2ccccc2)C(c2ccc3c(c2)OCO3)C2C(=O)CCC=C2N1. The molecule has 1 aliphatic carbocycles. The third kappa shape index (κ3) is 3.58. The van der Waals surface area contributed by atoms with Gasteiger partial charge in [-0.25, -0.2) is 4.79 Å². The number of hydrogen-bond acceptors (Lipinski definition) is 6. The molecule has 2 aromatic rings. The number of Topliss-reactive ketones (excluding diaryl/α,β-unsaturated/α-hetero) is 1. The number of esters is 1. The van der Waals surface area contributed by atoms with Crippen LogP contribution in [0.4, 0.5) is 0 Å². The molecule has 0 spiro atoms. The number of ketones is 1. The molecule has 6 nitrogen and oxygen atoms in total. The summed E-state index contributed by atoms with van der Waals surface area (Å²) in [6.45, 7) is 2.19. The maximum Gasteiger partial charge on any atom is 0.336 e. The van der Waals surface area contributed by atoms with Gasteiger partial charge in [0.15, 0.2) is 11.5 Å². The van der Waals surface area contributed by atoms with Crippen LogP contribution in [-0.4, -0.2) is 18.5 Å². The Morgan fingerprint density at radius 2 is 1.90 bits per heavy atom. The Morgan fingerprint density at radius 3 is 2.74 bits per heavy atom. The van der Waals surface area contributed by atoms with Gasteiger partial charge in [0.05, 0.1) is 11.5 Å². The standard InChI is InChI=1S/C25H23NO5/c1-15-22(25(28)29-13-16-6-3-2-4-7-16)23(24-18(26-15)8-5-9-19(24)27)17-10-11-20-21(12-17)31-14-30-20/h2-4,6-8,10-12,23-24,26H,5,9,13-14H2,1H3. The van der Waals surface area contributed by atoms with E-state index < -0.39 is 17.8 Å². The van der Waals surface area contributed by atoms with Crippen LogP contribution in [0.3, 0.4) is 0 Å². The minimum Gasteiger partial charge on any atom is -0.457 e. The molecule has 0 aromatic heterocycles. The van der Waals surface area contributed by atoms with E-state index in [0.717, 1.165) is 16.8 Å². The molecule has 2 heterocycles. The van der Waals surface area contributed by atoms with Crippen molar-refractivity contribution in [3.63, 3.8) is 0 Å². The van der Waals surface area contributed by atoms with Crippen LogP contribution < -0.4 is 14.8 Å².